The Morgan fingerprint density at radius 3 is 2.81 bits per heavy atom. The smallest absolute Gasteiger partial charge is 0.253 e. The monoisotopic (exact) mass is 435 g/mol. The molecule has 2 aromatic carbocycles. The summed E-state index contributed by atoms with van der Waals surface area (Å²) in [7, 11) is 0. The molecule has 3 rings (SSSR count). The van der Waals surface area contributed by atoms with E-state index in [2.05, 4.69) is 31.8 Å². The first-order chi connectivity index (χ1) is 12.5. The van der Waals surface area contributed by atoms with Crippen LogP contribution in [-0.2, 0) is 9.59 Å². The maximum absolute atomic E-state index is 12.5. The number of carbonyl (C=O) groups excluding carboxylic acids is 2. The van der Waals surface area contributed by atoms with Crippen LogP contribution in [0.4, 0.5) is 0 Å². The number of hydrazone groups is 1. The Labute approximate surface area is 163 Å². The third-order valence-electron chi connectivity index (χ3n) is 4.13. The Morgan fingerprint density at radius 1 is 1.35 bits per heavy atom. The second-order valence-corrected chi connectivity index (χ2v) is 7.12. The molecular weight excluding hydrogens is 422 g/mol. The number of amides is 2. The molecule has 0 spiro atoms. The average molecular weight is 437 g/mol. The summed E-state index contributed by atoms with van der Waals surface area (Å²) >= 11 is 9.15. The van der Waals surface area contributed by atoms with Crippen molar-refractivity contribution in [3.63, 3.8) is 0 Å². The number of nitrogens with zero attached hydrogens (tertiary/aromatic N) is 1. The van der Waals surface area contributed by atoms with Crippen LogP contribution in [0.5, 0.6) is 5.75 Å². The molecule has 0 aromatic heterocycles. The van der Waals surface area contributed by atoms with Gasteiger partial charge in [0, 0.05) is 22.5 Å². The molecular formula is C18H15BrClN3O3. The van der Waals surface area contributed by atoms with Crippen LogP contribution in [0.2, 0.25) is 5.02 Å². The lowest BCUT2D eigenvalue weighted by atomic mass is 9.88. The van der Waals surface area contributed by atoms with E-state index in [1.807, 2.05) is 30.3 Å². The highest BCUT2D eigenvalue weighted by Crippen LogP contribution is 2.31. The molecule has 3 N–H and O–H groups in total. The van der Waals surface area contributed by atoms with E-state index in [4.69, 9.17) is 11.6 Å². The number of phenolic OH excluding ortho intramolecular Hbond substituents is 1. The summed E-state index contributed by atoms with van der Waals surface area (Å²) in [6.07, 6.45) is 1.27. The van der Waals surface area contributed by atoms with Crippen LogP contribution in [0.1, 0.15) is 17.0 Å². The van der Waals surface area contributed by atoms with Crippen LogP contribution in [0.15, 0.2) is 52.0 Å². The van der Waals surface area contributed by atoms with E-state index in [0.29, 0.717) is 16.6 Å². The summed E-state index contributed by atoms with van der Waals surface area (Å²) in [5.41, 5.74) is 3.61. The van der Waals surface area contributed by atoms with Gasteiger partial charge >= 0.3 is 0 Å². The van der Waals surface area contributed by atoms with Gasteiger partial charge in [-0.25, -0.2) is 5.43 Å². The van der Waals surface area contributed by atoms with Crippen molar-refractivity contribution in [3.8, 4) is 5.75 Å². The number of aromatic hydroxyl groups is 1. The summed E-state index contributed by atoms with van der Waals surface area (Å²) in [5.74, 6) is -2.11. The van der Waals surface area contributed by atoms with Crippen LogP contribution in [-0.4, -0.2) is 29.7 Å². The third-order valence-corrected chi connectivity index (χ3v) is 4.87. The molecule has 6 nitrogen and oxygen atoms in total. The highest BCUT2D eigenvalue weighted by Gasteiger charge is 2.40. The Morgan fingerprint density at radius 2 is 2.08 bits per heavy atom. The van der Waals surface area contributed by atoms with Crippen molar-refractivity contribution >= 4 is 45.6 Å². The van der Waals surface area contributed by atoms with Crippen molar-refractivity contribution in [2.75, 3.05) is 6.54 Å². The van der Waals surface area contributed by atoms with Crippen LogP contribution in [0.3, 0.4) is 0 Å². The fraction of sp³-hybridized carbons (Fsp3) is 0.167. The van der Waals surface area contributed by atoms with Gasteiger partial charge in [-0.3, -0.25) is 9.59 Å². The Bertz CT molecular complexity index is 873. The normalized spacial score (nSPS) is 19.5. The van der Waals surface area contributed by atoms with E-state index >= 15 is 0 Å². The van der Waals surface area contributed by atoms with Crippen LogP contribution in [0, 0.1) is 5.92 Å². The number of rotatable bonds is 4. The van der Waals surface area contributed by atoms with E-state index in [-0.39, 0.29) is 22.6 Å². The van der Waals surface area contributed by atoms with Gasteiger partial charge in [-0.1, -0.05) is 57.9 Å². The highest BCUT2D eigenvalue weighted by atomic mass is 79.9. The fourth-order valence-electron chi connectivity index (χ4n) is 2.85. The van der Waals surface area contributed by atoms with E-state index in [0.717, 1.165) is 5.56 Å². The zero-order valence-electron chi connectivity index (χ0n) is 13.4. The predicted octanol–water partition coefficient (Wildman–Crippen LogP) is 2.79. The minimum absolute atomic E-state index is 0.145. The second-order valence-electron chi connectivity index (χ2n) is 5.80. The van der Waals surface area contributed by atoms with Gasteiger partial charge in [0.15, 0.2) is 0 Å². The Hall–Kier alpha value is -2.38. The lowest BCUT2D eigenvalue weighted by molar-refractivity contribution is -0.133. The van der Waals surface area contributed by atoms with Gasteiger partial charge < -0.3 is 10.4 Å². The molecule has 134 valence electrons. The summed E-state index contributed by atoms with van der Waals surface area (Å²) in [6, 6.07) is 12.5. The summed E-state index contributed by atoms with van der Waals surface area (Å²) in [5, 5.41) is 16.6. The van der Waals surface area contributed by atoms with Crippen molar-refractivity contribution in [3.05, 3.63) is 63.1 Å². The van der Waals surface area contributed by atoms with E-state index < -0.39 is 11.8 Å². The number of hydrogen-bond donors (Lipinski definition) is 3. The van der Waals surface area contributed by atoms with Gasteiger partial charge in [0.25, 0.3) is 5.91 Å². The number of hydrogen-bond acceptors (Lipinski definition) is 4. The molecule has 1 heterocycles. The van der Waals surface area contributed by atoms with Crippen LogP contribution < -0.4 is 10.7 Å². The van der Waals surface area contributed by atoms with Gasteiger partial charge in [-0.05, 0) is 17.7 Å². The molecule has 1 fully saturated rings. The molecule has 1 saturated heterocycles. The molecule has 1 aliphatic heterocycles. The molecule has 0 radical (unpaired) electrons. The molecule has 26 heavy (non-hydrogen) atoms. The third kappa shape index (κ3) is 3.89. The van der Waals surface area contributed by atoms with Crippen LogP contribution >= 0.6 is 27.5 Å². The zero-order valence-corrected chi connectivity index (χ0v) is 15.8. The maximum Gasteiger partial charge on any atom is 0.253 e. The van der Waals surface area contributed by atoms with Crippen molar-refractivity contribution in [2.45, 2.75) is 5.92 Å². The SMILES string of the molecule is O=C1NC[C@H](c2ccccc2)[C@@H]1C(=O)N/N=C/c1cc(Br)cc(Cl)c1O. The van der Waals surface area contributed by atoms with Crippen molar-refractivity contribution < 1.29 is 14.7 Å². The highest BCUT2D eigenvalue weighted by molar-refractivity contribution is 9.10. The topological polar surface area (TPSA) is 90.8 Å². The molecule has 1 aliphatic rings. The maximum atomic E-state index is 12.5. The average Bonchev–Trinajstić information content (AvgIpc) is 3.01. The molecule has 2 amide bonds. The number of benzene rings is 2. The lowest BCUT2D eigenvalue weighted by Crippen LogP contribution is -2.34. The molecule has 2 aromatic rings. The minimum atomic E-state index is -0.866. The number of halogens is 2. The van der Waals surface area contributed by atoms with Crippen LogP contribution in [0.25, 0.3) is 0 Å². The molecule has 2 atom stereocenters. The van der Waals surface area contributed by atoms with Crippen molar-refractivity contribution in [2.24, 2.45) is 11.0 Å². The van der Waals surface area contributed by atoms with E-state index in [9.17, 15) is 14.7 Å². The first-order valence-corrected chi connectivity index (χ1v) is 8.98. The summed E-state index contributed by atoms with van der Waals surface area (Å²) in [6.45, 7) is 0.396. The molecule has 0 aliphatic carbocycles. The quantitative estimate of drug-likeness (QED) is 0.391. The lowest BCUT2D eigenvalue weighted by Gasteiger charge is -2.15. The van der Waals surface area contributed by atoms with Crippen molar-refractivity contribution in [1.82, 2.24) is 10.7 Å². The summed E-state index contributed by atoms with van der Waals surface area (Å²) in [4.78, 5) is 24.6. The van der Waals surface area contributed by atoms with Gasteiger partial charge in [0.2, 0.25) is 5.91 Å². The number of nitrogens with one attached hydrogen (secondary N) is 2. The van der Waals surface area contributed by atoms with Crippen molar-refractivity contribution in [1.29, 1.82) is 0 Å². The predicted molar refractivity (Wildman–Crippen MR) is 102 cm³/mol. The number of phenols is 1. The minimum Gasteiger partial charge on any atom is -0.506 e. The molecule has 8 heteroatoms. The van der Waals surface area contributed by atoms with E-state index in [1.165, 1.54) is 6.21 Å². The Balaban J connectivity index is 1.74. The molecule has 0 unspecified atom stereocenters. The first kappa shape index (κ1) is 18.4. The molecule has 0 saturated carbocycles. The summed E-state index contributed by atoms with van der Waals surface area (Å²) < 4.78 is 0.660. The van der Waals surface area contributed by atoms with Gasteiger partial charge in [0.05, 0.1) is 11.2 Å². The zero-order chi connectivity index (χ0) is 18.7. The van der Waals surface area contributed by atoms with Gasteiger partial charge in [-0.15, -0.1) is 0 Å². The standard InChI is InChI=1S/C18H15BrClN3O3/c19-12-6-11(16(24)14(20)7-12)8-22-23-18(26)15-13(9-21-17(15)25)10-4-2-1-3-5-10/h1-8,13,15,24H,9H2,(H,21,25)(H,23,26)/b22-8+/t13-,15+/m1/s1. The fourth-order valence-corrected chi connectivity index (χ4v) is 3.69. The first-order valence-electron chi connectivity index (χ1n) is 7.81. The van der Waals surface area contributed by atoms with Gasteiger partial charge in [-0.2, -0.15) is 5.10 Å². The van der Waals surface area contributed by atoms with E-state index in [1.54, 1.807) is 12.1 Å². The second kappa shape index (κ2) is 7.88. The Kier molecular flexibility index (Phi) is 5.58. The largest absolute Gasteiger partial charge is 0.506 e. The molecule has 0 bridgehead atoms. The number of carbonyl (C=O) groups is 2. The van der Waals surface area contributed by atoms with Gasteiger partial charge in [0.1, 0.15) is 11.7 Å².